The maximum atomic E-state index is 12.2. The first-order valence-electron chi connectivity index (χ1n) is 7.47. The summed E-state index contributed by atoms with van der Waals surface area (Å²) in [6.07, 6.45) is -0.247. The number of thiophene rings is 1. The van der Waals surface area contributed by atoms with E-state index in [1.165, 1.54) is 4.88 Å². The summed E-state index contributed by atoms with van der Waals surface area (Å²) in [4.78, 5) is 15.3. The molecule has 0 aromatic carbocycles. The van der Waals surface area contributed by atoms with Crippen molar-refractivity contribution in [1.29, 1.82) is 0 Å². The molecule has 0 saturated heterocycles. The Morgan fingerprint density at radius 1 is 1.38 bits per heavy atom. The molecule has 0 radical (unpaired) electrons. The van der Waals surface area contributed by atoms with Crippen molar-refractivity contribution in [2.24, 2.45) is 0 Å². The van der Waals surface area contributed by atoms with E-state index in [2.05, 4.69) is 29.8 Å². The van der Waals surface area contributed by atoms with Crippen molar-refractivity contribution in [2.75, 3.05) is 13.1 Å². The van der Waals surface area contributed by atoms with E-state index in [1.807, 2.05) is 34.6 Å². The van der Waals surface area contributed by atoms with Crippen LogP contribution in [-0.2, 0) is 4.74 Å². The van der Waals surface area contributed by atoms with Gasteiger partial charge in [-0.25, -0.2) is 4.79 Å². The lowest BCUT2D eigenvalue weighted by molar-refractivity contribution is 0.0192. The molecule has 1 rings (SSSR count). The number of rotatable bonds is 6. The van der Waals surface area contributed by atoms with Gasteiger partial charge in [-0.05, 0) is 53.0 Å². The quantitative estimate of drug-likeness (QED) is 0.862. The zero-order chi connectivity index (χ0) is 16.0. The van der Waals surface area contributed by atoms with Crippen LogP contribution in [0.25, 0.3) is 0 Å². The molecule has 0 fully saturated rings. The van der Waals surface area contributed by atoms with Gasteiger partial charge < -0.3 is 15.0 Å². The lowest BCUT2D eigenvalue weighted by atomic mass is 10.2. The van der Waals surface area contributed by atoms with Gasteiger partial charge in [-0.15, -0.1) is 11.3 Å². The molecular weight excluding hydrogens is 284 g/mol. The first-order valence-corrected chi connectivity index (χ1v) is 8.35. The van der Waals surface area contributed by atoms with Gasteiger partial charge in [0.1, 0.15) is 5.60 Å². The first kappa shape index (κ1) is 18.0. The van der Waals surface area contributed by atoms with Gasteiger partial charge in [-0.1, -0.05) is 6.07 Å². The van der Waals surface area contributed by atoms with Crippen LogP contribution in [0.5, 0.6) is 0 Å². The second kappa shape index (κ2) is 7.80. The molecule has 1 heterocycles. The highest BCUT2D eigenvalue weighted by atomic mass is 32.1. The predicted octanol–water partition coefficient (Wildman–Crippen LogP) is 4.04. The molecule has 0 aliphatic heterocycles. The van der Waals surface area contributed by atoms with Crippen molar-refractivity contribution >= 4 is 17.4 Å². The fraction of sp³-hybridized carbons (Fsp3) is 0.688. The average Bonchev–Trinajstić information content (AvgIpc) is 2.85. The Labute approximate surface area is 132 Å². The highest BCUT2D eigenvalue weighted by Gasteiger charge is 2.23. The van der Waals surface area contributed by atoms with E-state index in [0.717, 1.165) is 6.54 Å². The standard InChI is InChI=1S/C16H28N2O2S/c1-12(2)18(15(19)20-16(4,5)6)10-9-17-13(3)14-8-7-11-21-14/h7-8,11-13,17H,9-10H2,1-6H3. The summed E-state index contributed by atoms with van der Waals surface area (Å²) < 4.78 is 5.45. The van der Waals surface area contributed by atoms with Crippen LogP contribution in [0.2, 0.25) is 0 Å². The minimum atomic E-state index is -0.456. The van der Waals surface area contributed by atoms with Gasteiger partial charge in [0.2, 0.25) is 0 Å². The van der Waals surface area contributed by atoms with Crippen LogP contribution >= 0.6 is 11.3 Å². The highest BCUT2D eigenvalue weighted by Crippen LogP contribution is 2.18. The summed E-state index contributed by atoms with van der Waals surface area (Å²) in [6, 6.07) is 4.60. The van der Waals surface area contributed by atoms with Gasteiger partial charge in [0, 0.05) is 30.1 Å². The Kier molecular flexibility index (Phi) is 6.68. The molecule has 0 aliphatic carbocycles. The normalized spacial score (nSPS) is 13.3. The van der Waals surface area contributed by atoms with E-state index in [1.54, 1.807) is 16.2 Å². The fourth-order valence-electron chi connectivity index (χ4n) is 1.92. The van der Waals surface area contributed by atoms with Crippen LogP contribution in [0.1, 0.15) is 52.5 Å². The lowest BCUT2D eigenvalue weighted by Gasteiger charge is -2.30. The van der Waals surface area contributed by atoms with Gasteiger partial charge in [0.25, 0.3) is 0 Å². The first-order chi connectivity index (χ1) is 9.70. The number of carbonyl (C=O) groups is 1. The van der Waals surface area contributed by atoms with E-state index < -0.39 is 5.60 Å². The number of ether oxygens (including phenoxy) is 1. The molecule has 0 bridgehead atoms. The van der Waals surface area contributed by atoms with Crippen LogP contribution in [0.3, 0.4) is 0 Å². The van der Waals surface area contributed by atoms with Crippen LogP contribution in [0, 0.1) is 0 Å². The van der Waals surface area contributed by atoms with Crippen molar-refractivity contribution in [3.8, 4) is 0 Å². The molecule has 0 saturated carbocycles. The highest BCUT2D eigenvalue weighted by molar-refractivity contribution is 7.10. The van der Waals surface area contributed by atoms with E-state index in [-0.39, 0.29) is 12.1 Å². The Bertz CT molecular complexity index is 424. The van der Waals surface area contributed by atoms with E-state index in [0.29, 0.717) is 12.6 Å². The zero-order valence-electron chi connectivity index (χ0n) is 14.0. The maximum Gasteiger partial charge on any atom is 0.410 e. The van der Waals surface area contributed by atoms with Crippen molar-refractivity contribution in [2.45, 2.75) is 59.2 Å². The predicted molar refractivity (Wildman–Crippen MR) is 88.8 cm³/mol. The van der Waals surface area contributed by atoms with E-state index in [4.69, 9.17) is 4.74 Å². The molecule has 5 heteroatoms. The Morgan fingerprint density at radius 2 is 2.05 bits per heavy atom. The molecule has 1 atom stereocenters. The number of amides is 1. The molecule has 1 unspecified atom stereocenters. The van der Waals surface area contributed by atoms with Crippen LogP contribution in [-0.4, -0.2) is 35.7 Å². The summed E-state index contributed by atoms with van der Waals surface area (Å²) >= 11 is 1.74. The summed E-state index contributed by atoms with van der Waals surface area (Å²) in [5, 5.41) is 5.53. The second-order valence-electron chi connectivity index (χ2n) is 6.46. The molecule has 4 nitrogen and oxygen atoms in total. The maximum absolute atomic E-state index is 12.2. The van der Waals surface area contributed by atoms with Gasteiger partial charge in [0.15, 0.2) is 0 Å². The number of nitrogens with zero attached hydrogens (tertiary/aromatic N) is 1. The summed E-state index contributed by atoms with van der Waals surface area (Å²) in [6.45, 7) is 13.2. The average molecular weight is 312 g/mol. The Morgan fingerprint density at radius 3 is 2.52 bits per heavy atom. The molecule has 120 valence electrons. The molecule has 0 aliphatic rings. The van der Waals surface area contributed by atoms with E-state index in [9.17, 15) is 4.79 Å². The third-order valence-electron chi connectivity index (χ3n) is 3.02. The minimum absolute atomic E-state index is 0.124. The van der Waals surface area contributed by atoms with Gasteiger partial charge in [-0.3, -0.25) is 0 Å². The Balaban J connectivity index is 2.46. The second-order valence-corrected chi connectivity index (χ2v) is 7.44. The topological polar surface area (TPSA) is 41.6 Å². The smallest absolute Gasteiger partial charge is 0.410 e. The number of nitrogens with one attached hydrogen (secondary N) is 1. The van der Waals surface area contributed by atoms with Crippen molar-refractivity contribution in [3.05, 3.63) is 22.4 Å². The molecule has 1 amide bonds. The monoisotopic (exact) mass is 312 g/mol. The zero-order valence-corrected chi connectivity index (χ0v) is 14.8. The SMILES string of the molecule is CC(NCCN(C(=O)OC(C)(C)C)C(C)C)c1cccs1. The van der Waals surface area contributed by atoms with Gasteiger partial charge in [0.05, 0.1) is 0 Å². The number of hydrogen-bond donors (Lipinski definition) is 1. The number of hydrogen-bond acceptors (Lipinski definition) is 4. The summed E-state index contributed by atoms with van der Waals surface area (Å²) in [7, 11) is 0. The minimum Gasteiger partial charge on any atom is -0.444 e. The molecular formula is C16H28N2O2S. The number of carbonyl (C=O) groups excluding carboxylic acids is 1. The third-order valence-corrected chi connectivity index (χ3v) is 4.08. The molecule has 1 aromatic rings. The summed E-state index contributed by atoms with van der Waals surface area (Å²) in [5.74, 6) is 0. The van der Waals surface area contributed by atoms with Crippen molar-refractivity contribution in [3.63, 3.8) is 0 Å². The molecule has 1 N–H and O–H groups in total. The Hall–Kier alpha value is -1.07. The van der Waals surface area contributed by atoms with Gasteiger partial charge in [-0.2, -0.15) is 0 Å². The molecule has 21 heavy (non-hydrogen) atoms. The fourth-order valence-corrected chi connectivity index (χ4v) is 2.68. The van der Waals surface area contributed by atoms with E-state index >= 15 is 0 Å². The largest absolute Gasteiger partial charge is 0.444 e. The lowest BCUT2D eigenvalue weighted by Crippen LogP contribution is -2.44. The summed E-state index contributed by atoms with van der Waals surface area (Å²) in [5.41, 5.74) is -0.456. The van der Waals surface area contributed by atoms with Crippen molar-refractivity contribution < 1.29 is 9.53 Å². The van der Waals surface area contributed by atoms with Crippen molar-refractivity contribution in [1.82, 2.24) is 10.2 Å². The third kappa shape index (κ3) is 6.48. The van der Waals surface area contributed by atoms with Gasteiger partial charge >= 0.3 is 6.09 Å². The van der Waals surface area contributed by atoms with Crippen LogP contribution < -0.4 is 5.32 Å². The molecule has 0 spiro atoms. The van der Waals surface area contributed by atoms with Crippen LogP contribution in [0.15, 0.2) is 17.5 Å². The van der Waals surface area contributed by atoms with Crippen LogP contribution in [0.4, 0.5) is 4.79 Å². The molecule has 1 aromatic heterocycles.